The number of rotatable bonds is 4. The third kappa shape index (κ3) is 3.28. The molecule has 2 rings (SSSR count). The Morgan fingerprint density at radius 1 is 1.21 bits per heavy atom. The Hall–Kier alpha value is -2.43. The monoisotopic (exact) mass is 256 g/mol. The van der Waals surface area contributed by atoms with Crippen molar-refractivity contribution < 1.29 is 4.79 Å². The molecular weight excluding hydrogens is 240 g/mol. The molecule has 0 spiro atoms. The van der Waals surface area contributed by atoms with Crippen molar-refractivity contribution in [2.45, 2.75) is 13.0 Å². The van der Waals surface area contributed by atoms with E-state index in [2.05, 4.69) is 27.5 Å². The average Bonchev–Trinajstić information content (AvgIpc) is 2.47. The number of carbonyl (C=O) groups excluding carboxylic acids is 1. The highest BCUT2D eigenvalue weighted by molar-refractivity contribution is 5.92. The van der Waals surface area contributed by atoms with Crippen LogP contribution in [-0.4, -0.2) is 22.9 Å². The van der Waals surface area contributed by atoms with Crippen LogP contribution in [0.3, 0.4) is 0 Å². The largest absolute Gasteiger partial charge is 0.378 e. The molecule has 0 radical (unpaired) electrons. The van der Waals surface area contributed by atoms with Crippen molar-refractivity contribution in [1.82, 2.24) is 15.3 Å². The van der Waals surface area contributed by atoms with E-state index in [4.69, 9.17) is 0 Å². The molecule has 1 atom stereocenters. The first-order valence-corrected chi connectivity index (χ1v) is 6.05. The van der Waals surface area contributed by atoms with Crippen LogP contribution < -0.4 is 10.6 Å². The van der Waals surface area contributed by atoms with Gasteiger partial charge in [0.15, 0.2) is 0 Å². The summed E-state index contributed by atoms with van der Waals surface area (Å²) in [6.45, 7) is 2.05. The van der Waals surface area contributed by atoms with Crippen LogP contribution in [-0.2, 0) is 0 Å². The second-order valence-electron chi connectivity index (χ2n) is 4.16. The Morgan fingerprint density at radius 3 is 2.63 bits per heavy atom. The molecular formula is C14H16N4O. The summed E-state index contributed by atoms with van der Waals surface area (Å²) in [4.78, 5) is 19.5. The van der Waals surface area contributed by atoms with E-state index in [-0.39, 0.29) is 11.9 Å². The maximum Gasteiger partial charge on any atom is 0.269 e. The standard InChI is InChI=1S/C14H16N4O/c1-10(11-3-6-16-7-4-11)18-12-5-8-17-13(9-12)14(19)15-2/h3-10H,1-2H3,(H,15,19)(H,17,18). The summed E-state index contributed by atoms with van der Waals surface area (Å²) in [5.41, 5.74) is 2.39. The average molecular weight is 256 g/mol. The fourth-order valence-corrected chi connectivity index (χ4v) is 1.76. The van der Waals surface area contributed by atoms with Gasteiger partial charge in [-0.2, -0.15) is 0 Å². The van der Waals surface area contributed by atoms with Gasteiger partial charge in [-0.15, -0.1) is 0 Å². The smallest absolute Gasteiger partial charge is 0.269 e. The summed E-state index contributed by atoms with van der Waals surface area (Å²) < 4.78 is 0. The maximum absolute atomic E-state index is 11.5. The van der Waals surface area contributed by atoms with Crippen molar-refractivity contribution in [2.24, 2.45) is 0 Å². The topological polar surface area (TPSA) is 66.9 Å². The molecule has 2 aromatic heterocycles. The molecule has 5 heteroatoms. The van der Waals surface area contributed by atoms with E-state index in [1.807, 2.05) is 18.2 Å². The van der Waals surface area contributed by atoms with E-state index >= 15 is 0 Å². The lowest BCUT2D eigenvalue weighted by Crippen LogP contribution is -2.19. The number of nitrogens with zero attached hydrogens (tertiary/aromatic N) is 2. The molecule has 2 heterocycles. The van der Waals surface area contributed by atoms with Crippen molar-refractivity contribution in [1.29, 1.82) is 0 Å². The highest BCUT2D eigenvalue weighted by Crippen LogP contribution is 2.18. The number of nitrogens with one attached hydrogen (secondary N) is 2. The summed E-state index contributed by atoms with van der Waals surface area (Å²) >= 11 is 0. The Balaban J connectivity index is 2.13. The lowest BCUT2D eigenvalue weighted by molar-refractivity contribution is 0.0958. The fourth-order valence-electron chi connectivity index (χ4n) is 1.76. The first-order valence-electron chi connectivity index (χ1n) is 6.05. The van der Waals surface area contributed by atoms with Gasteiger partial charge >= 0.3 is 0 Å². The second-order valence-corrected chi connectivity index (χ2v) is 4.16. The van der Waals surface area contributed by atoms with Gasteiger partial charge in [0, 0.05) is 37.4 Å². The minimum Gasteiger partial charge on any atom is -0.378 e. The molecule has 0 aliphatic carbocycles. The number of hydrogen-bond acceptors (Lipinski definition) is 4. The van der Waals surface area contributed by atoms with E-state index < -0.39 is 0 Å². The molecule has 5 nitrogen and oxygen atoms in total. The molecule has 2 aromatic rings. The number of anilines is 1. The molecule has 98 valence electrons. The van der Waals surface area contributed by atoms with Crippen LogP contribution in [0.4, 0.5) is 5.69 Å². The highest BCUT2D eigenvalue weighted by Gasteiger charge is 2.08. The van der Waals surface area contributed by atoms with E-state index in [1.54, 1.807) is 31.7 Å². The first-order chi connectivity index (χ1) is 9.20. The quantitative estimate of drug-likeness (QED) is 0.878. The lowest BCUT2D eigenvalue weighted by atomic mass is 10.1. The van der Waals surface area contributed by atoms with Crippen molar-refractivity contribution in [2.75, 3.05) is 12.4 Å². The van der Waals surface area contributed by atoms with Gasteiger partial charge in [-0.05, 0) is 36.8 Å². The number of amides is 1. The predicted octanol–water partition coefficient (Wildman–Crippen LogP) is 2.01. The van der Waals surface area contributed by atoms with Gasteiger partial charge in [0.05, 0.1) is 0 Å². The van der Waals surface area contributed by atoms with Gasteiger partial charge in [-0.3, -0.25) is 14.8 Å². The van der Waals surface area contributed by atoms with Crippen LogP contribution in [0.25, 0.3) is 0 Å². The minimum absolute atomic E-state index is 0.128. The van der Waals surface area contributed by atoms with Crippen molar-refractivity contribution >= 4 is 11.6 Å². The first kappa shape index (κ1) is 13.0. The van der Waals surface area contributed by atoms with Gasteiger partial charge in [0.25, 0.3) is 5.91 Å². The Bertz CT molecular complexity index is 556. The van der Waals surface area contributed by atoms with E-state index in [0.29, 0.717) is 5.69 Å². The molecule has 0 saturated heterocycles. The van der Waals surface area contributed by atoms with Gasteiger partial charge in [-0.1, -0.05) is 0 Å². The molecule has 2 N–H and O–H groups in total. The fraction of sp³-hybridized carbons (Fsp3) is 0.214. The third-order valence-electron chi connectivity index (χ3n) is 2.81. The van der Waals surface area contributed by atoms with E-state index in [9.17, 15) is 4.79 Å². The van der Waals surface area contributed by atoms with Crippen molar-refractivity contribution in [3.8, 4) is 0 Å². The Labute approximate surface area is 112 Å². The summed E-state index contributed by atoms with van der Waals surface area (Å²) in [7, 11) is 1.59. The molecule has 1 amide bonds. The zero-order valence-electron chi connectivity index (χ0n) is 10.9. The Kier molecular flexibility index (Phi) is 4.07. The van der Waals surface area contributed by atoms with Gasteiger partial charge < -0.3 is 10.6 Å². The highest BCUT2D eigenvalue weighted by atomic mass is 16.1. The van der Waals surface area contributed by atoms with Crippen LogP contribution in [0.5, 0.6) is 0 Å². The summed E-state index contributed by atoms with van der Waals surface area (Å²) in [6, 6.07) is 7.61. The summed E-state index contributed by atoms with van der Waals surface area (Å²) in [5, 5.41) is 5.89. The second kappa shape index (κ2) is 5.95. The molecule has 1 unspecified atom stereocenters. The van der Waals surface area contributed by atoms with Crippen LogP contribution in [0, 0.1) is 0 Å². The zero-order valence-corrected chi connectivity index (χ0v) is 10.9. The molecule has 0 bridgehead atoms. The normalized spacial score (nSPS) is 11.7. The molecule has 0 fully saturated rings. The zero-order chi connectivity index (χ0) is 13.7. The number of pyridine rings is 2. The van der Waals surface area contributed by atoms with Gasteiger partial charge in [-0.25, -0.2) is 0 Å². The number of carbonyl (C=O) groups is 1. The van der Waals surface area contributed by atoms with Crippen LogP contribution in [0.15, 0.2) is 42.9 Å². The predicted molar refractivity (Wildman–Crippen MR) is 73.9 cm³/mol. The van der Waals surface area contributed by atoms with Crippen LogP contribution in [0.1, 0.15) is 29.0 Å². The van der Waals surface area contributed by atoms with Crippen molar-refractivity contribution in [3.63, 3.8) is 0 Å². The van der Waals surface area contributed by atoms with Gasteiger partial charge in [0.1, 0.15) is 5.69 Å². The van der Waals surface area contributed by atoms with E-state index in [1.165, 1.54) is 0 Å². The molecule has 0 saturated carbocycles. The maximum atomic E-state index is 11.5. The third-order valence-corrected chi connectivity index (χ3v) is 2.81. The van der Waals surface area contributed by atoms with Crippen LogP contribution >= 0.6 is 0 Å². The summed E-state index contributed by atoms with van der Waals surface area (Å²) in [5.74, 6) is -0.194. The Morgan fingerprint density at radius 2 is 1.95 bits per heavy atom. The molecule has 0 aliphatic heterocycles. The minimum atomic E-state index is -0.194. The lowest BCUT2D eigenvalue weighted by Gasteiger charge is -2.15. The van der Waals surface area contributed by atoms with Crippen LogP contribution in [0.2, 0.25) is 0 Å². The number of aromatic nitrogens is 2. The van der Waals surface area contributed by atoms with E-state index in [0.717, 1.165) is 11.3 Å². The van der Waals surface area contributed by atoms with Crippen molar-refractivity contribution in [3.05, 3.63) is 54.1 Å². The molecule has 0 aliphatic rings. The molecule has 19 heavy (non-hydrogen) atoms. The van der Waals surface area contributed by atoms with Gasteiger partial charge in [0.2, 0.25) is 0 Å². The SMILES string of the molecule is CNC(=O)c1cc(NC(C)c2ccncc2)ccn1. The summed E-state index contributed by atoms with van der Waals surface area (Å²) in [6.07, 6.45) is 5.14. The molecule has 0 aromatic carbocycles. The number of hydrogen-bond donors (Lipinski definition) is 2.